The van der Waals surface area contributed by atoms with E-state index < -0.39 is 0 Å². The Morgan fingerprint density at radius 1 is 1.32 bits per heavy atom. The maximum absolute atomic E-state index is 13.8. The zero-order valence-electron chi connectivity index (χ0n) is 12.2. The van der Waals surface area contributed by atoms with E-state index in [1.54, 1.807) is 19.2 Å². The third kappa shape index (κ3) is 4.80. The van der Waals surface area contributed by atoms with Crippen LogP contribution < -0.4 is 10.1 Å². The Morgan fingerprint density at radius 3 is 2.58 bits per heavy atom. The van der Waals surface area contributed by atoms with Gasteiger partial charge in [-0.05, 0) is 36.6 Å². The Hall–Kier alpha value is -1.13. The Bertz CT molecular complexity index is 384. The summed E-state index contributed by atoms with van der Waals surface area (Å²) in [7, 11) is 3.17. The first kappa shape index (κ1) is 15.9. The second kappa shape index (κ2) is 8.12. The van der Waals surface area contributed by atoms with E-state index in [1.807, 2.05) is 13.0 Å². The van der Waals surface area contributed by atoms with Crippen LogP contribution >= 0.6 is 0 Å². The van der Waals surface area contributed by atoms with Gasteiger partial charge in [-0.25, -0.2) is 4.39 Å². The molecule has 0 spiro atoms. The highest BCUT2D eigenvalue weighted by molar-refractivity contribution is 5.31. The monoisotopic (exact) mass is 269 g/mol. The van der Waals surface area contributed by atoms with Gasteiger partial charge in [0.15, 0.2) is 11.6 Å². The van der Waals surface area contributed by atoms with Gasteiger partial charge in [0.25, 0.3) is 0 Å². The number of nitrogens with one attached hydrogen (secondary N) is 1. The molecular weight excluding hydrogens is 245 g/mol. The minimum absolute atomic E-state index is 0.135. The van der Waals surface area contributed by atoms with Gasteiger partial charge in [-0.2, -0.15) is 0 Å². The van der Waals surface area contributed by atoms with Gasteiger partial charge in [-0.3, -0.25) is 0 Å². The highest BCUT2D eigenvalue weighted by atomic mass is 19.1. The summed E-state index contributed by atoms with van der Waals surface area (Å²) in [6.07, 6.45) is 0.910. The predicted octanol–water partition coefficient (Wildman–Crippen LogP) is 3.16. The van der Waals surface area contributed by atoms with Gasteiger partial charge in [0.2, 0.25) is 0 Å². The van der Waals surface area contributed by atoms with Crippen LogP contribution in [0.3, 0.4) is 0 Å². The van der Waals surface area contributed by atoms with E-state index in [1.165, 1.54) is 7.11 Å². The van der Waals surface area contributed by atoms with Crippen molar-refractivity contribution in [2.45, 2.75) is 26.3 Å². The number of hydrogen-bond acceptors (Lipinski definition) is 3. The summed E-state index contributed by atoms with van der Waals surface area (Å²) < 4.78 is 23.9. The molecule has 108 valence electrons. The van der Waals surface area contributed by atoms with Gasteiger partial charge in [-0.15, -0.1) is 0 Å². The van der Waals surface area contributed by atoms with Crippen LogP contribution in [0.25, 0.3) is 0 Å². The van der Waals surface area contributed by atoms with Gasteiger partial charge in [0.1, 0.15) is 0 Å². The Balaban J connectivity index is 2.83. The SMILES string of the molecule is CCNC(CC(C)COC)c1ccc(OC)c(F)c1. The van der Waals surface area contributed by atoms with Crippen molar-refractivity contribution in [1.29, 1.82) is 0 Å². The van der Waals surface area contributed by atoms with Crippen molar-refractivity contribution in [3.63, 3.8) is 0 Å². The fourth-order valence-electron chi connectivity index (χ4n) is 2.24. The number of halogens is 1. The van der Waals surface area contributed by atoms with Crippen molar-refractivity contribution in [3.05, 3.63) is 29.6 Å². The third-order valence-corrected chi connectivity index (χ3v) is 3.12. The first-order chi connectivity index (χ1) is 9.12. The molecule has 2 atom stereocenters. The van der Waals surface area contributed by atoms with Crippen molar-refractivity contribution in [2.75, 3.05) is 27.4 Å². The minimum Gasteiger partial charge on any atom is -0.494 e. The van der Waals surface area contributed by atoms with E-state index in [9.17, 15) is 4.39 Å². The summed E-state index contributed by atoms with van der Waals surface area (Å²) in [4.78, 5) is 0. The number of benzene rings is 1. The topological polar surface area (TPSA) is 30.5 Å². The maximum Gasteiger partial charge on any atom is 0.165 e. The van der Waals surface area contributed by atoms with Crippen LogP contribution in [-0.4, -0.2) is 27.4 Å². The van der Waals surface area contributed by atoms with E-state index in [2.05, 4.69) is 12.2 Å². The molecule has 0 bridgehead atoms. The number of methoxy groups -OCH3 is 2. The molecule has 0 radical (unpaired) electrons. The maximum atomic E-state index is 13.8. The summed E-state index contributed by atoms with van der Waals surface area (Å²) in [5.74, 6) is 0.380. The summed E-state index contributed by atoms with van der Waals surface area (Å²) in [6.45, 7) is 5.74. The summed E-state index contributed by atoms with van der Waals surface area (Å²) in [5, 5.41) is 3.39. The van der Waals surface area contributed by atoms with Gasteiger partial charge >= 0.3 is 0 Å². The Labute approximate surface area is 115 Å². The number of hydrogen-bond donors (Lipinski definition) is 1. The van der Waals surface area contributed by atoms with Crippen LogP contribution in [0, 0.1) is 11.7 Å². The van der Waals surface area contributed by atoms with Crippen LogP contribution in [0.1, 0.15) is 31.9 Å². The van der Waals surface area contributed by atoms with Crippen molar-refractivity contribution in [2.24, 2.45) is 5.92 Å². The van der Waals surface area contributed by atoms with Gasteiger partial charge < -0.3 is 14.8 Å². The molecule has 0 aliphatic rings. The molecule has 0 saturated carbocycles. The second-order valence-electron chi connectivity index (χ2n) is 4.80. The zero-order chi connectivity index (χ0) is 14.3. The lowest BCUT2D eigenvalue weighted by Crippen LogP contribution is -2.24. The molecule has 1 aromatic rings. The summed E-state index contributed by atoms with van der Waals surface area (Å²) >= 11 is 0. The predicted molar refractivity (Wildman–Crippen MR) is 75.0 cm³/mol. The Morgan fingerprint density at radius 2 is 2.05 bits per heavy atom. The molecular formula is C15H24FNO2. The molecule has 0 aliphatic carbocycles. The van der Waals surface area contributed by atoms with Gasteiger partial charge in [0.05, 0.1) is 7.11 Å². The average molecular weight is 269 g/mol. The molecule has 1 N–H and O–H groups in total. The first-order valence-corrected chi connectivity index (χ1v) is 6.68. The third-order valence-electron chi connectivity index (χ3n) is 3.12. The van der Waals surface area contributed by atoms with Crippen LogP contribution in [0.15, 0.2) is 18.2 Å². The number of rotatable bonds is 8. The lowest BCUT2D eigenvalue weighted by molar-refractivity contribution is 0.149. The van der Waals surface area contributed by atoms with Crippen LogP contribution in [0.4, 0.5) is 4.39 Å². The van der Waals surface area contributed by atoms with E-state index in [0.717, 1.165) is 18.5 Å². The molecule has 4 heteroatoms. The Kier molecular flexibility index (Phi) is 6.81. The largest absolute Gasteiger partial charge is 0.494 e. The summed E-state index contributed by atoms with van der Waals surface area (Å²) in [6, 6.07) is 5.27. The molecule has 2 unspecified atom stereocenters. The fourth-order valence-corrected chi connectivity index (χ4v) is 2.24. The van der Waals surface area contributed by atoms with E-state index >= 15 is 0 Å². The quantitative estimate of drug-likeness (QED) is 0.786. The normalized spacial score (nSPS) is 14.2. The van der Waals surface area contributed by atoms with E-state index in [-0.39, 0.29) is 17.6 Å². The molecule has 0 heterocycles. The standard InChI is InChI=1S/C15H24FNO2/c1-5-17-14(8-11(2)10-18-3)12-6-7-15(19-4)13(16)9-12/h6-7,9,11,14,17H,5,8,10H2,1-4H3. The van der Waals surface area contributed by atoms with E-state index in [0.29, 0.717) is 12.5 Å². The molecule has 0 aromatic heterocycles. The first-order valence-electron chi connectivity index (χ1n) is 6.68. The molecule has 1 aromatic carbocycles. The molecule has 19 heavy (non-hydrogen) atoms. The van der Waals surface area contributed by atoms with Gasteiger partial charge in [0, 0.05) is 19.8 Å². The fraction of sp³-hybridized carbons (Fsp3) is 0.600. The van der Waals surface area contributed by atoms with Crippen molar-refractivity contribution < 1.29 is 13.9 Å². The van der Waals surface area contributed by atoms with Crippen molar-refractivity contribution >= 4 is 0 Å². The molecule has 0 amide bonds. The second-order valence-corrected chi connectivity index (χ2v) is 4.80. The lowest BCUT2D eigenvalue weighted by atomic mass is 9.96. The lowest BCUT2D eigenvalue weighted by Gasteiger charge is -2.22. The van der Waals surface area contributed by atoms with Crippen LogP contribution in [0.2, 0.25) is 0 Å². The molecule has 0 fully saturated rings. The van der Waals surface area contributed by atoms with Crippen molar-refractivity contribution in [1.82, 2.24) is 5.32 Å². The minimum atomic E-state index is -0.317. The van der Waals surface area contributed by atoms with Gasteiger partial charge in [-0.1, -0.05) is 19.9 Å². The highest BCUT2D eigenvalue weighted by Crippen LogP contribution is 2.26. The molecule has 0 saturated heterocycles. The molecule has 0 aliphatic heterocycles. The number of ether oxygens (including phenoxy) is 2. The molecule has 1 rings (SSSR count). The van der Waals surface area contributed by atoms with E-state index in [4.69, 9.17) is 9.47 Å². The smallest absolute Gasteiger partial charge is 0.165 e. The van der Waals surface area contributed by atoms with Crippen molar-refractivity contribution in [3.8, 4) is 5.75 Å². The molecule has 3 nitrogen and oxygen atoms in total. The highest BCUT2D eigenvalue weighted by Gasteiger charge is 2.16. The van der Waals surface area contributed by atoms with Crippen LogP contribution in [0.5, 0.6) is 5.75 Å². The zero-order valence-corrected chi connectivity index (χ0v) is 12.2. The average Bonchev–Trinajstić information content (AvgIpc) is 2.38. The summed E-state index contributed by atoms with van der Waals surface area (Å²) in [5.41, 5.74) is 0.947. The van der Waals surface area contributed by atoms with Crippen LogP contribution in [-0.2, 0) is 4.74 Å².